The lowest BCUT2D eigenvalue weighted by Crippen LogP contribution is -2.34. The average molecular weight is 331 g/mol. The maximum Gasteiger partial charge on any atom is 0.243 e. The van der Waals surface area contributed by atoms with Gasteiger partial charge in [-0.15, -0.1) is 0 Å². The van der Waals surface area contributed by atoms with Crippen LogP contribution in [-0.4, -0.2) is 26.4 Å². The third-order valence-corrected chi connectivity index (χ3v) is 6.25. The number of benzene rings is 2. The van der Waals surface area contributed by atoms with E-state index in [0.717, 1.165) is 23.3 Å². The van der Waals surface area contributed by atoms with Crippen molar-refractivity contribution in [3.05, 3.63) is 59.7 Å². The van der Waals surface area contributed by atoms with E-state index < -0.39 is 10.0 Å². The highest BCUT2D eigenvalue weighted by Crippen LogP contribution is 2.37. The molecule has 0 aliphatic carbocycles. The number of fused-ring (bicyclic) bond motifs is 1. The van der Waals surface area contributed by atoms with Crippen LogP contribution >= 0.6 is 0 Å². The molecule has 1 aliphatic rings. The largest absolute Gasteiger partial charge is 0.493 e. The Morgan fingerprint density at radius 2 is 1.83 bits per heavy atom. The summed E-state index contributed by atoms with van der Waals surface area (Å²) in [6.45, 7) is 2.57. The molecule has 122 valence electrons. The lowest BCUT2D eigenvalue weighted by atomic mass is 10.0. The smallest absolute Gasteiger partial charge is 0.243 e. The van der Waals surface area contributed by atoms with Gasteiger partial charge in [0.2, 0.25) is 10.0 Å². The van der Waals surface area contributed by atoms with Crippen LogP contribution in [-0.2, 0) is 16.4 Å². The van der Waals surface area contributed by atoms with Crippen LogP contribution in [0.1, 0.15) is 30.5 Å². The number of para-hydroxylation sites is 1. The van der Waals surface area contributed by atoms with Crippen molar-refractivity contribution in [3.8, 4) is 5.75 Å². The van der Waals surface area contributed by atoms with Crippen molar-refractivity contribution in [1.82, 2.24) is 4.31 Å². The fourth-order valence-electron chi connectivity index (χ4n) is 2.93. The molecule has 0 bridgehead atoms. The number of rotatable bonds is 4. The highest BCUT2D eigenvalue weighted by atomic mass is 32.2. The minimum atomic E-state index is -3.53. The Balaban J connectivity index is 1.94. The molecule has 3 rings (SSSR count). The van der Waals surface area contributed by atoms with E-state index in [4.69, 9.17) is 4.74 Å². The summed E-state index contributed by atoms with van der Waals surface area (Å²) >= 11 is 0. The van der Waals surface area contributed by atoms with Crippen molar-refractivity contribution in [1.29, 1.82) is 0 Å². The van der Waals surface area contributed by atoms with Gasteiger partial charge in [-0.3, -0.25) is 0 Å². The van der Waals surface area contributed by atoms with Crippen LogP contribution in [0, 0.1) is 0 Å². The number of hydrogen-bond acceptors (Lipinski definition) is 3. The maximum atomic E-state index is 12.9. The molecule has 23 heavy (non-hydrogen) atoms. The second-order valence-electron chi connectivity index (χ2n) is 5.71. The molecule has 4 nitrogen and oxygen atoms in total. The van der Waals surface area contributed by atoms with E-state index in [0.29, 0.717) is 17.9 Å². The van der Waals surface area contributed by atoms with E-state index in [-0.39, 0.29) is 6.04 Å². The zero-order valence-corrected chi connectivity index (χ0v) is 14.2. The van der Waals surface area contributed by atoms with Crippen molar-refractivity contribution < 1.29 is 13.2 Å². The van der Waals surface area contributed by atoms with Gasteiger partial charge < -0.3 is 4.74 Å². The van der Waals surface area contributed by atoms with Gasteiger partial charge in [0.05, 0.1) is 17.5 Å². The first kappa shape index (κ1) is 16.0. The van der Waals surface area contributed by atoms with Gasteiger partial charge in [0.25, 0.3) is 0 Å². The molecular weight excluding hydrogens is 310 g/mol. The maximum absolute atomic E-state index is 12.9. The van der Waals surface area contributed by atoms with Crippen LogP contribution in [0.5, 0.6) is 5.75 Å². The SMILES string of the molecule is CCc1ccc(S(=O)(=O)N(C)C2CCOc3ccccc32)cc1. The molecule has 1 atom stereocenters. The first-order chi connectivity index (χ1) is 11.0. The molecule has 2 aromatic carbocycles. The van der Waals surface area contributed by atoms with Gasteiger partial charge in [-0.05, 0) is 30.2 Å². The summed E-state index contributed by atoms with van der Waals surface area (Å²) in [5.41, 5.74) is 2.05. The molecule has 0 fully saturated rings. The molecule has 1 aliphatic heterocycles. The molecule has 5 heteroatoms. The van der Waals surface area contributed by atoms with Crippen LogP contribution in [0.15, 0.2) is 53.4 Å². The second-order valence-corrected chi connectivity index (χ2v) is 7.71. The first-order valence-corrected chi connectivity index (χ1v) is 9.26. The zero-order valence-electron chi connectivity index (χ0n) is 13.4. The van der Waals surface area contributed by atoms with Gasteiger partial charge in [-0.1, -0.05) is 37.3 Å². The molecule has 0 N–H and O–H groups in total. The van der Waals surface area contributed by atoms with Crippen molar-refractivity contribution >= 4 is 10.0 Å². The predicted octanol–water partition coefficient (Wildman–Crippen LogP) is 3.39. The van der Waals surface area contributed by atoms with Crippen LogP contribution in [0.4, 0.5) is 0 Å². The molecule has 0 radical (unpaired) electrons. The zero-order chi connectivity index (χ0) is 16.4. The third kappa shape index (κ3) is 2.99. The Labute approximate surface area is 137 Å². The molecule has 0 aromatic heterocycles. The van der Waals surface area contributed by atoms with Gasteiger partial charge in [-0.2, -0.15) is 4.31 Å². The topological polar surface area (TPSA) is 46.6 Å². The van der Waals surface area contributed by atoms with Crippen LogP contribution in [0.3, 0.4) is 0 Å². The Kier molecular flexibility index (Phi) is 4.41. The van der Waals surface area contributed by atoms with Gasteiger partial charge in [0.15, 0.2) is 0 Å². The molecular formula is C18H21NO3S. The van der Waals surface area contributed by atoms with E-state index in [9.17, 15) is 8.42 Å². The van der Waals surface area contributed by atoms with E-state index in [1.54, 1.807) is 19.2 Å². The fraction of sp³-hybridized carbons (Fsp3) is 0.333. The van der Waals surface area contributed by atoms with E-state index in [1.165, 1.54) is 4.31 Å². The summed E-state index contributed by atoms with van der Waals surface area (Å²) in [6.07, 6.45) is 1.54. The lowest BCUT2D eigenvalue weighted by Gasteiger charge is -2.32. The Bertz CT molecular complexity index is 784. The highest BCUT2D eigenvalue weighted by Gasteiger charge is 2.32. The number of ether oxygens (including phenoxy) is 1. The summed E-state index contributed by atoms with van der Waals surface area (Å²) < 4.78 is 33.0. The van der Waals surface area contributed by atoms with Crippen molar-refractivity contribution in [2.24, 2.45) is 0 Å². The summed E-state index contributed by atoms with van der Waals surface area (Å²) in [6, 6.07) is 14.6. The number of nitrogens with zero attached hydrogens (tertiary/aromatic N) is 1. The number of hydrogen-bond donors (Lipinski definition) is 0. The molecule has 0 saturated heterocycles. The summed E-state index contributed by atoms with van der Waals surface area (Å²) in [5.74, 6) is 0.770. The van der Waals surface area contributed by atoms with Crippen molar-refractivity contribution in [2.45, 2.75) is 30.7 Å². The third-order valence-electron chi connectivity index (χ3n) is 4.37. The number of sulfonamides is 1. The quantitative estimate of drug-likeness (QED) is 0.863. The molecule has 1 heterocycles. The minimum absolute atomic E-state index is 0.198. The molecule has 0 amide bonds. The average Bonchev–Trinajstić information content (AvgIpc) is 2.60. The molecule has 0 saturated carbocycles. The van der Waals surface area contributed by atoms with E-state index >= 15 is 0 Å². The monoisotopic (exact) mass is 331 g/mol. The van der Waals surface area contributed by atoms with E-state index in [2.05, 4.69) is 6.92 Å². The van der Waals surface area contributed by atoms with Gasteiger partial charge in [0, 0.05) is 19.0 Å². The van der Waals surface area contributed by atoms with Gasteiger partial charge in [-0.25, -0.2) is 8.42 Å². The normalized spacial score (nSPS) is 17.6. The second kappa shape index (κ2) is 6.34. The fourth-order valence-corrected chi connectivity index (χ4v) is 4.30. The molecule has 0 spiro atoms. The Morgan fingerprint density at radius 3 is 2.52 bits per heavy atom. The van der Waals surface area contributed by atoms with Crippen molar-refractivity contribution in [3.63, 3.8) is 0 Å². The van der Waals surface area contributed by atoms with Crippen LogP contribution in [0.2, 0.25) is 0 Å². The highest BCUT2D eigenvalue weighted by molar-refractivity contribution is 7.89. The summed E-state index contributed by atoms with van der Waals surface area (Å²) in [7, 11) is -1.88. The molecule has 1 unspecified atom stereocenters. The number of aryl methyl sites for hydroxylation is 1. The minimum Gasteiger partial charge on any atom is -0.493 e. The molecule has 2 aromatic rings. The summed E-state index contributed by atoms with van der Waals surface area (Å²) in [5, 5.41) is 0. The van der Waals surface area contributed by atoms with Crippen LogP contribution in [0.25, 0.3) is 0 Å². The van der Waals surface area contributed by atoms with Crippen molar-refractivity contribution in [2.75, 3.05) is 13.7 Å². The predicted molar refractivity (Wildman–Crippen MR) is 90.1 cm³/mol. The van der Waals surface area contributed by atoms with Gasteiger partial charge in [0.1, 0.15) is 5.75 Å². The van der Waals surface area contributed by atoms with Crippen LogP contribution < -0.4 is 4.74 Å². The Morgan fingerprint density at radius 1 is 1.13 bits per heavy atom. The summed E-state index contributed by atoms with van der Waals surface area (Å²) in [4.78, 5) is 0.334. The van der Waals surface area contributed by atoms with Gasteiger partial charge >= 0.3 is 0 Å². The lowest BCUT2D eigenvalue weighted by molar-refractivity contribution is 0.221. The first-order valence-electron chi connectivity index (χ1n) is 7.82. The standard InChI is InChI=1S/C18H21NO3S/c1-3-14-8-10-15(11-9-14)23(20,21)19(2)17-12-13-22-18-7-5-4-6-16(17)18/h4-11,17H,3,12-13H2,1-2H3. The van der Waals surface area contributed by atoms with E-state index in [1.807, 2.05) is 36.4 Å². The Hall–Kier alpha value is -1.85.